The zero-order valence-electron chi connectivity index (χ0n) is 5.02. The predicted octanol–water partition coefficient (Wildman–Crippen LogP) is -0.221. The first-order chi connectivity index (χ1) is 3.12. The van der Waals surface area contributed by atoms with E-state index in [-0.39, 0.29) is 0 Å². The molecule has 0 saturated carbocycles. The summed E-state index contributed by atoms with van der Waals surface area (Å²) in [4.78, 5) is 0. The van der Waals surface area contributed by atoms with Gasteiger partial charge >= 0.3 is 0 Å². The van der Waals surface area contributed by atoms with Gasteiger partial charge in [0.05, 0.1) is 14.1 Å². The van der Waals surface area contributed by atoms with Crippen LogP contribution in [0.25, 0.3) is 0 Å². The summed E-state index contributed by atoms with van der Waals surface area (Å²) in [5, 5.41) is 0. The smallest absolute Gasteiger partial charge is 0.187 e. The molecule has 7 heavy (non-hydrogen) atoms. The van der Waals surface area contributed by atoms with Gasteiger partial charge in [-0.15, -0.1) is 0 Å². The minimum absolute atomic E-state index is 1.34. The van der Waals surface area contributed by atoms with Crippen LogP contribution in [0.15, 0.2) is 0 Å². The minimum Gasteiger partial charge on any atom is -0.187 e. The van der Waals surface area contributed by atoms with Crippen LogP contribution in [0, 0.1) is 0 Å². The normalized spacial score (nSPS) is 66.0. The van der Waals surface area contributed by atoms with E-state index in [4.69, 9.17) is 0 Å². The van der Waals surface area contributed by atoms with Gasteiger partial charge < -0.3 is 0 Å². The summed E-state index contributed by atoms with van der Waals surface area (Å²) < 4.78 is 2.69. The van der Waals surface area contributed by atoms with Gasteiger partial charge in [-0.1, -0.05) is 0 Å². The highest BCUT2D eigenvalue weighted by molar-refractivity contribution is 4.43. The molecule has 0 aromatic heterocycles. The first-order valence-electron chi connectivity index (χ1n) is 2.79. The van der Waals surface area contributed by atoms with Gasteiger partial charge in [0.25, 0.3) is 0 Å². The molecule has 40 valence electrons. The Labute approximate surface area is 44.1 Å². The van der Waals surface area contributed by atoms with Crippen LogP contribution in [0.1, 0.15) is 0 Å². The number of hydrogen-bond donors (Lipinski definition) is 0. The third kappa shape index (κ3) is 0.283. The minimum atomic E-state index is 1.34. The van der Waals surface area contributed by atoms with Crippen molar-refractivity contribution in [3.8, 4) is 0 Å². The second kappa shape index (κ2) is 0.644. The molecule has 3 saturated heterocycles. The fraction of sp³-hybridized carbons (Fsp3) is 1.00. The molecular formula is C5H12N2+2. The molecular weight excluding hydrogens is 88.1 g/mol. The third-order valence-electron chi connectivity index (χ3n) is 2.05. The fourth-order valence-corrected chi connectivity index (χ4v) is 2.35. The summed E-state index contributed by atoms with van der Waals surface area (Å²) in [7, 11) is 4.65. The van der Waals surface area contributed by atoms with Gasteiger partial charge in [0.2, 0.25) is 20.0 Å². The SMILES string of the molecule is C[N+]12C[N+](C)(C1)C2. The number of hydrogen-bond acceptors (Lipinski definition) is 0. The van der Waals surface area contributed by atoms with E-state index in [1.165, 1.54) is 29.0 Å². The average molecular weight is 100 g/mol. The molecule has 0 atom stereocenters. The second-order valence-electron chi connectivity index (χ2n) is 3.66. The molecule has 0 spiro atoms. The Morgan fingerprint density at radius 1 is 0.857 bits per heavy atom. The Morgan fingerprint density at radius 3 is 1.14 bits per heavy atom. The molecule has 3 heterocycles. The highest BCUT2D eigenvalue weighted by atomic mass is 15.8. The van der Waals surface area contributed by atoms with Gasteiger partial charge in [0.1, 0.15) is 0 Å². The maximum Gasteiger partial charge on any atom is 0.224 e. The summed E-state index contributed by atoms with van der Waals surface area (Å²) >= 11 is 0. The molecule has 0 aliphatic carbocycles. The Balaban J connectivity index is 2.16. The lowest BCUT2D eigenvalue weighted by Crippen LogP contribution is -2.92. The average Bonchev–Trinajstić information content (AvgIpc) is 1.27. The highest BCUT2D eigenvalue weighted by Crippen LogP contribution is 2.38. The molecule has 2 heteroatoms. The summed E-state index contributed by atoms with van der Waals surface area (Å²) in [5.74, 6) is 0. The van der Waals surface area contributed by atoms with Crippen molar-refractivity contribution in [1.29, 1.82) is 0 Å². The van der Waals surface area contributed by atoms with Crippen molar-refractivity contribution in [1.82, 2.24) is 0 Å². The van der Waals surface area contributed by atoms with Crippen LogP contribution in [-0.2, 0) is 0 Å². The molecule has 0 radical (unpaired) electrons. The van der Waals surface area contributed by atoms with Gasteiger partial charge in [-0.2, -0.15) is 8.97 Å². The molecule has 2 nitrogen and oxygen atoms in total. The number of quaternary nitrogens is 2. The lowest BCUT2D eigenvalue weighted by Gasteiger charge is -2.64. The van der Waals surface area contributed by atoms with Gasteiger partial charge in [-0.05, 0) is 0 Å². The van der Waals surface area contributed by atoms with Crippen LogP contribution in [0.2, 0.25) is 0 Å². The molecule has 0 aromatic carbocycles. The largest absolute Gasteiger partial charge is 0.224 e. The number of rotatable bonds is 0. The van der Waals surface area contributed by atoms with Crippen LogP contribution in [0.5, 0.6) is 0 Å². The molecule has 3 rings (SSSR count). The first-order valence-corrected chi connectivity index (χ1v) is 2.79. The van der Waals surface area contributed by atoms with Crippen molar-refractivity contribution in [2.45, 2.75) is 0 Å². The molecule has 3 aliphatic rings. The Kier molecular flexibility index (Phi) is 0.356. The van der Waals surface area contributed by atoms with Crippen molar-refractivity contribution >= 4 is 0 Å². The maximum absolute atomic E-state index is 2.32. The van der Waals surface area contributed by atoms with Crippen LogP contribution in [0.4, 0.5) is 0 Å². The topological polar surface area (TPSA) is 0 Å². The maximum atomic E-state index is 2.32. The molecule has 0 amide bonds. The van der Waals surface area contributed by atoms with Crippen LogP contribution >= 0.6 is 0 Å². The van der Waals surface area contributed by atoms with Crippen molar-refractivity contribution in [2.24, 2.45) is 0 Å². The van der Waals surface area contributed by atoms with Crippen molar-refractivity contribution in [3.05, 3.63) is 0 Å². The molecule has 0 aromatic rings. The number of nitrogens with zero attached hydrogens (tertiary/aromatic N) is 2. The Morgan fingerprint density at radius 2 is 1.14 bits per heavy atom. The first kappa shape index (κ1) is 3.87. The van der Waals surface area contributed by atoms with Crippen molar-refractivity contribution in [3.63, 3.8) is 0 Å². The Hall–Kier alpha value is -0.0800. The quantitative estimate of drug-likeness (QED) is 0.369. The third-order valence-corrected chi connectivity index (χ3v) is 2.05. The van der Waals surface area contributed by atoms with E-state index in [1.807, 2.05) is 0 Å². The van der Waals surface area contributed by atoms with Gasteiger partial charge in [0.15, 0.2) is 0 Å². The summed E-state index contributed by atoms with van der Waals surface area (Å²) in [5.41, 5.74) is 0. The van der Waals surface area contributed by atoms with Gasteiger partial charge in [-0.3, -0.25) is 0 Å². The zero-order valence-corrected chi connectivity index (χ0v) is 5.02. The van der Waals surface area contributed by atoms with E-state index in [0.29, 0.717) is 0 Å². The standard InChI is InChI=1S/C5H12N2/c1-6-3-7(2,4-6)5-6/h3-5H2,1-2H3/q+2. The monoisotopic (exact) mass is 100 g/mol. The van der Waals surface area contributed by atoms with E-state index in [2.05, 4.69) is 14.1 Å². The predicted molar refractivity (Wildman–Crippen MR) is 27.0 cm³/mol. The van der Waals surface area contributed by atoms with Crippen molar-refractivity contribution in [2.75, 3.05) is 34.1 Å². The van der Waals surface area contributed by atoms with Gasteiger partial charge in [0, 0.05) is 0 Å². The lowest BCUT2D eigenvalue weighted by atomic mass is 10.2. The van der Waals surface area contributed by atoms with E-state index >= 15 is 0 Å². The van der Waals surface area contributed by atoms with Gasteiger partial charge in [-0.25, -0.2) is 0 Å². The lowest BCUT2D eigenvalue weighted by molar-refractivity contribution is -1.42. The fourth-order valence-electron chi connectivity index (χ4n) is 2.35. The molecule has 3 fully saturated rings. The highest BCUT2D eigenvalue weighted by Gasteiger charge is 2.66. The second-order valence-corrected chi connectivity index (χ2v) is 3.66. The summed E-state index contributed by atoms with van der Waals surface area (Å²) in [6.07, 6.45) is 0. The summed E-state index contributed by atoms with van der Waals surface area (Å²) in [6, 6.07) is 0. The summed E-state index contributed by atoms with van der Waals surface area (Å²) in [6.45, 7) is 4.17. The van der Waals surface area contributed by atoms with Crippen molar-refractivity contribution < 1.29 is 8.97 Å². The van der Waals surface area contributed by atoms with Crippen LogP contribution in [-0.4, -0.2) is 43.1 Å². The molecule has 0 N–H and O–H groups in total. The van der Waals surface area contributed by atoms with E-state index in [0.717, 1.165) is 0 Å². The van der Waals surface area contributed by atoms with E-state index in [9.17, 15) is 0 Å². The van der Waals surface area contributed by atoms with E-state index < -0.39 is 0 Å². The molecule has 3 aliphatic heterocycles. The Bertz CT molecular complexity index is 87.5. The van der Waals surface area contributed by atoms with Crippen LogP contribution < -0.4 is 0 Å². The van der Waals surface area contributed by atoms with Crippen LogP contribution in [0.3, 0.4) is 0 Å². The molecule has 2 bridgehead atoms. The molecule has 0 unspecified atom stereocenters. The zero-order chi connectivity index (χ0) is 5.12. The van der Waals surface area contributed by atoms with E-state index in [1.54, 1.807) is 0 Å².